The number of hydrogen-bond donors (Lipinski definition) is 2. The lowest BCUT2D eigenvalue weighted by molar-refractivity contribution is -0.185. The second kappa shape index (κ2) is 13.8. The van der Waals surface area contributed by atoms with E-state index in [0.717, 1.165) is 0 Å². The molecule has 0 radical (unpaired) electrons. The van der Waals surface area contributed by atoms with Crippen LogP contribution in [0.15, 0.2) is 31.4 Å². The van der Waals surface area contributed by atoms with E-state index in [0.29, 0.717) is 76.2 Å². The molecule has 2 amide bonds. The molecule has 14 nitrogen and oxygen atoms in total. The zero-order chi connectivity index (χ0) is 31.1. The molecule has 4 rings (SSSR count). The SMILES string of the molecule is C=CCNc1cc(N2CCN(C(=O)OCC(=O)OC3C(=O)C(OC(C)(C)C)C(=O)N4CCCC34)CC2)nc(NCC=C)n1. The average Bonchev–Trinajstić information content (AvgIpc) is 3.48. The van der Waals surface area contributed by atoms with Crippen molar-refractivity contribution in [3.8, 4) is 0 Å². The summed E-state index contributed by atoms with van der Waals surface area (Å²) < 4.78 is 16.5. The highest BCUT2D eigenvalue weighted by molar-refractivity contribution is 6.09. The number of aromatic nitrogens is 2. The smallest absolute Gasteiger partial charge is 0.410 e. The largest absolute Gasteiger partial charge is 0.449 e. The third-order valence-corrected chi connectivity index (χ3v) is 7.14. The van der Waals surface area contributed by atoms with Crippen molar-refractivity contribution >= 4 is 41.3 Å². The number of ketones is 1. The van der Waals surface area contributed by atoms with Crippen molar-refractivity contribution in [2.24, 2.45) is 0 Å². The molecule has 2 N–H and O–H groups in total. The first-order chi connectivity index (χ1) is 20.5. The van der Waals surface area contributed by atoms with Gasteiger partial charge in [-0.05, 0) is 33.6 Å². The summed E-state index contributed by atoms with van der Waals surface area (Å²) in [7, 11) is 0. The molecule has 0 aliphatic carbocycles. The highest BCUT2D eigenvalue weighted by atomic mass is 16.6. The Morgan fingerprint density at radius 2 is 1.74 bits per heavy atom. The summed E-state index contributed by atoms with van der Waals surface area (Å²) in [6, 6.07) is 1.28. The number of ether oxygens (including phenoxy) is 3. The predicted octanol–water partition coefficient (Wildman–Crippen LogP) is 1.60. The maximum Gasteiger partial charge on any atom is 0.410 e. The number of carbonyl (C=O) groups is 4. The van der Waals surface area contributed by atoms with E-state index in [1.54, 1.807) is 37.8 Å². The van der Waals surface area contributed by atoms with Gasteiger partial charge in [0, 0.05) is 51.9 Å². The molecule has 234 valence electrons. The van der Waals surface area contributed by atoms with E-state index in [4.69, 9.17) is 14.2 Å². The predicted molar refractivity (Wildman–Crippen MR) is 159 cm³/mol. The van der Waals surface area contributed by atoms with E-state index in [1.165, 1.54) is 4.90 Å². The third-order valence-electron chi connectivity index (χ3n) is 7.14. The highest BCUT2D eigenvalue weighted by Gasteiger charge is 2.53. The molecule has 3 aliphatic heterocycles. The van der Waals surface area contributed by atoms with Crippen molar-refractivity contribution in [1.29, 1.82) is 0 Å². The Morgan fingerprint density at radius 3 is 2.42 bits per heavy atom. The maximum absolute atomic E-state index is 13.2. The van der Waals surface area contributed by atoms with Crippen LogP contribution in [-0.4, -0.2) is 120 Å². The van der Waals surface area contributed by atoms with Gasteiger partial charge in [-0.25, -0.2) is 9.59 Å². The normalized spacial score (nSPS) is 22.1. The molecule has 1 aromatic rings. The zero-order valence-electron chi connectivity index (χ0n) is 25.0. The molecule has 3 unspecified atom stereocenters. The van der Waals surface area contributed by atoms with Crippen LogP contribution in [0.5, 0.6) is 0 Å². The number of nitrogens with zero attached hydrogens (tertiary/aromatic N) is 5. The lowest BCUT2D eigenvalue weighted by atomic mass is 9.94. The number of piperidine rings is 1. The number of anilines is 3. The number of amides is 2. The van der Waals surface area contributed by atoms with Crippen LogP contribution in [-0.2, 0) is 28.6 Å². The van der Waals surface area contributed by atoms with Crippen LogP contribution in [0.25, 0.3) is 0 Å². The van der Waals surface area contributed by atoms with Crippen molar-refractivity contribution in [3.63, 3.8) is 0 Å². The Kier molecular flexibility index (Phi) is 10.2. The minimum atomic E-state index is -1.34. The van der Waals surface area contributed by atoms with Crippen LogP contribution in [0, 0.1) is 0 Å². The molecule has 0 spiro atoms. The monoisotopic (exact) mass is 599 g/mol. The quantitative estimate of drug-likeness (QED) is 0.216. The second-order valence-corrected chi connectivity index (χ2v) is 11.5. The number of fused-ring (bicyclic) bond motifs is 1. The summed E-state index contributed by atoms with van der Waals surface area (Å²) in [6.07, 6.45) is 1.48. The number of carbonyl (C=O) groups excluding carboxylic acids is 4. The van der Waals surface area contributed by atoms with Gasteiger partial charge in [-0.3, -0.25) is 9.59 Å². The van der Waals surface area contributed by atoms with E-state index in [9.17, 15) is 19.2 Å². The molecule has 43 heavy (non-hydrogen) atoms. The number of hydrogen-bond acceptors (Lipinski definition) is 12. The lowest BCUT2D eigenvalue weighted by Gasteiger charge is -2.40. The van der Waals surface area contributed by atoms with Crippen molar-refractivity contribution in [1.82, 2.24) is 19.8 Å². The molecule has 0 aromatic carbocycles. The lowest BCUT2D eigenvalue weighted by Crippen LogP contribution is -2.63. The van der Waals surface area contributed by atoms with Crippen LogP contribution in [0.1, 0.15) is 33.6 Å². The van der Waals surface area contributed by atoms with Gasteiger partial charge < -0.3 is 39.5 Å². The summed E-state index contributed by atoms with van der Waals surface area (Å²) in [5.74, 6) is -0.0852. The Bertz CT molecular complexity index is 1200. The Hall–Kier alpha value is -4.20. The average molecular weight is 600 g/mol. The number of nitrogens with one attached hydrogen (secondary N) is 2. The Balaban J connectivity index is 1.30. The van der Waals surface area contributed by atoms with Gasteiger partial charge >= 0.3 is 12.1 Å². The first-order valence-electron chi connectivity index (χ1n) is 14.5. The molecule has 0 saturated carbocycles. The molecule has 3 saturated heterocycles. The van der Waals surface area contributed by atoms with Gasteiger partial charge in [-0.15, -0.1) is 13.2 Å². The summed E-state index contributed by atoms with van der Waals surface area (Å²) in [5.41, 5.74) is -0.751. The Morgan fingerprint density at radius 1 is 1.05 bits per heavy atom. The second-order valence-electron chi connectivity index (χ2n) is 11.5. The van der Waals surface area contributed by atoms with E-state index in [2.05, 4.69) is 33.8 Å². The Labute approximate surface area is 251 Å². The highest BCUT2D eigenvalue weighted by Crippen LogP contribution is 2.31. The molecule has 14 heteroatoms. The fourth-order valence-corrected chi connectivity index (χ4v) is 5.20. The fraction of sp³-hybridized carbons (Fsp3) is 0.586. The molecule has 0 bridgehead atoms. The van der Waals surface area contributed by atoms with Crippen molar-refractivity contribution in [2.75, 3.05) is 68.0 Å². The van der Waals surface area contributed by atoms with Crippen LogP contribution in [0.2, 0.25) is 0 Å². The number of rotatable bonds is 11. The van der Waals surface area contributed by atoms with Gasteiger partial charge in [-0.1, -0.05) is 12.2 Å². The molecular formula is C29H41N7O7. The van der Waals surface area contributed by atoms with E-state index in [1.807, 2.05) is 11.0 Å². The van der Waals surface area contributed by atoms with E-state index >= 15 is 0 Å². The third kappa shape index (κ3) is 8.00. The van der Waals surface area contributed by atoms with E-state index in [-0.39, 0.29) is 0 Å². The molecule has 1 aromatic heterocycles. The summed E-state index contributed by atoms with van der Waals surface area (Å²) in [5, 5.41) is 6.26. The van der Waals surface area contributed by atoms with Gasteiger partial charge in [-0.2, -0.15) is 9.97 Å². The van der Waals surface area contributed by atoms with Crippen LogP contribution < -0.4 is 15.5 Å². The van der Waals surface area contributed by atoms with Crippen molar-refractivity contribution < 1.29 is 33.4 Å². The van der Waals surface area contributed by atoms with Crippen LogP contribution in [0.3, 0.4) is 0 Å². The van der Waals surface area contributed by atoms with Crippen molar-refractivity contribution in [3.05, 3.63) is 31.4 Å². The van der Waals surface area contributed by atoms with Crippen molar-refractivity contribution in [2.45, 2.75) is 57.5 Å². The first-order valence-corrected chi connectivity index (χ1v) is 14.5. The standard InChI is InChI=1S/C29H41N7O7/c1-6-10-30-20-17-21(33-27(32-20)31-11-7-2)34-13-15-35(16-14-34)28(40)41-18-22(37)42-24-19-9-8-12-36(19)26(39)25(23(24)38)43-29(3,4)5/h6-7,17,19,24-25H,1-2,8-16,18H2,3-5H3,(H2,30,31,32,33). The van der Waals surface area contributed by atoms with Gasteiger partial charge in [0.1, 0.15) is 11.6 Å². The molecule has 3 aliphatic rings. The summed E-state index contributed by atoms with van der Waals surface area (Å²) in [6.45, 7) is 15.2. The van der Waals surface area contributed by atoms with Gasteiger partial charge in [0.25, 0.3) is 5.91 Å². The van der Waals surface area contributed by atoms with Crippen LogP contribution >= 0.6 is 0 Å². The summed E-state index contributed by atoms with van der Waals surface area (Å²) in [4.78, 5) is 65.6. The summed E-state index contributed by atoms with van der Waals surface area (Å²) >= 11 is 0. The van der Waals surface area contributed by atoms with E-state index < -0.39 is 54.2 Å². The first kappa shape index (κ1) is 31.7. The molecular weight excluding hydrogens is 558 g/mol. The fourth-order valence-electron chi connectivity index (χ4n) is 5.20. The number of piperazine rings is 1. The van der Waals surface area contributed by atoms with Gasteiger partial charge in [0.05, 0.1) is 11.6 Å². The number of esters is 1. The van der Waals surface area contributed by atoms with Crippen LogP contribution in [0.4, 0.5) is 22.4 Å². The maximum atomic E-state index is 13.2. The molecule has 3 atom stereocenters. The van der Waals surface area contributed by atoms with Gasteiger partial charge in [0.15, 0.2) is 18.8 Å². The minimum Gasteiger partial charge on any atom is -0.449 e. The molecule has 4 heterocycles. The number of Topliss-reactive ketones (excluding diaryl/α,β-unsaturated/α-hetero) is 1. The topological polar surface area (TPSA) is 156 Å². The van der Waals surface area contributed by atoms with Gasteiger partial charge in [0.2, 0.25) is 11.7 Å². The molecule has 3 fully saturated rings. The zero-order valence-corrected chi connectivity index (χ0v) is 25.0. The minimum absolute atomic E-state index is 0.342.